The molecule has 76 valence electrons. The summed E-state index contributed by atoms with van der Waals surface area (Å²) in [6.07, 6.45) is 2.95. The van der Waals surface area contributed by atoms with Crippen molar-refractivity contribution in [2.24, 2.45) is 4.99 Å². The van der Waals surface area contributed by atoms with Crippen molar-refractivity contribution in [3.63, 3.8) is 0 Å². The number of unbranched alkanes of at least 4 members (excludes halogenated alkanes) is 1. The lowest BCUT2D eigenvalue weighted by Gasteiger charge is -1.85. The molecule has 0 atom stereocenters. The van der Waals surface area contributed by atoms with Crippen LogP contribution in [0.1, 0.15) is 26.7 Å². The van der Waals surface area contributed by atoms with E-state index in [0.717, 1.165) is 26.0 Å². The largest absolute Gasteiger partial charge is 0.481 e. The highest BCUT2D eigenvalue weighted by molar-refractivity contribution is 6.21. The fourth-order valence-electron chi connectivity index (χ4n) is 0.392. The molecule has 0 saturated heterocycles. The van der Waals surface area contributed by atoms with Gasteiger partial charge >= 0.3 is 5.97 Å². The van der Waals surface area contributed by atoms with E-state index >= 15 is 0 Å². The second-order valence-corrected chi connectivity index (χ2v) is 2.25. The molecule has 2 N–H and O–H groups in total. The monoisotopic (exact) mass is 189 g/mol. The fraction of sp³-hybridized carbons (Fsp3) is 0.625. The Morgan fingerprint density at radius 2 is 1.85 bits per heavy atom. The second-order valence-electron chi connectivity index (χ2n) is 2.25. The molecular weight excluding hydrogens is 174 g/mol. The summed E-state index contributed by atoms with van der Waals surface area (Å²) in [5, 5.41) is 15.5. The zero-order valence-electron chi connectivity index (χ0n) is 7.86. The van der Waals surface area contributed by atoms with Gasteiger partial charge in [-0.05, 0) is 6.42 Å². The van der Waals surface area contributed by atoms with Crippen molar-refractivity contribution in [3.05, 3.63) is 0 Å². The first-order valence-corrected chi connectivity index (χ1v) is 3.93. The number of carboxylic acids is 2. The molecule has 0 saturated carbocycles. The van der Waals surface area contributed by atoms with Crippen LogP contribution in [0.3, 0.4) is 0 Å². The first kappa shape index (κ1) is 14.2. The van der Waals surface area contributed by atoms with Crippen molar-refractivity contribution in [1.29, 1.82) is 0 Å². The summed E-state index contributed by atoms with van der Waals surface area (Å²) in [5.74, 6) is -1.80. The van der Waals surface area contributed by atoms with E-state index in [1.807, 2.05) is 6.92 Å². The molecule has 0 amide bonds. The summed E-state index contributed by atoms with van der Waals surface area (Å²) >= 11 is 0. The van der Waals surface area contributed by atoms with Crippen LogP contribution >= 0.6 is 0 Å². The topological polar surface area (TPSA) is 87.0 Å². The Labute approximate surface area is 77.1 Å². The molecule has 0 aromatic carbocycles. The van der Waals surface area contributed by atoms with Crippen molar-refractivity contribution in [1.82, 2.24) is 0 Å². The summed E-state index contributed by atoms with van der Waals surface area (Å²) in [5.41, 5.74) is 0. The van der Waals surface area contributed by atoms with Gasteiger partial charge in [0.25, 0.3) is 5.97 Å². The first-order chi connectivity index (χ1) is 6.00. The number of hydrogen-bond donors (Lipinski definition) is 2. The van der Waals surface area contributed by atoms with Crippen LogP contribution in [0.4, 0.5) is 0 Å². The van der Waals surface area contributed by atoms with E-state index < -0.39 is 11.9 Å². The van der Waals surface area contributed by atoms with Crippen LogP contribution in [0.25, 0.3) is 0 Å². The number of carbonyl (C=O) groups is 2. The van der Waals surface area contributed by atoms with Crippen molar-refractivity contribution < 1.29 is 19.8 Å². The maximum atomic E-state index is 9.81. The van der Waals surface area contributed by atoms with Gasteiger partial charge in [0, 0.05) is 13.5 Å². The van der Waals surface area contributed by atoms with Crippen LogP contribution in [-0.4, -0.2) is 34.9 Å². The minimum absolute atomic E-state index is 0.628. The molecule has 0 heterocycles. The second kappa shape index (κ2) is 10.6. The lowest BCUT2D eigenvalue weighted by Crippen LogP contribution is -1.95. The van der Waals surface area contributed by atoms with Crippen LogP contribution in [-0.2, 0) is 9.59 Å². The van der Waals surface area contributed by atoms with E-state index in [1.54, 1.807) is 0 Å². The van der Waals surface area contributed by atoms with E-state index in [-0.39, 0.29) is 0 Å². The Kier molecular flexibility index (Phi) is 11.6. The zero-order valence-corrected chi connectivity index (χ0v) is 7.86. The van der Waals surface area contributed by atoms with Crippen molar-refractivity contribution in [3.8, 4) is 0 Å². The Hall–Kier alpha value is -1.39. The molecule has 0 fully saturated rings. The predicted octanol–water partition coefficient (Wildman–Crippen LogP) is 1.03. The molecule has 5 heteroatoms. The minimum atomic E-state index is -0.967. The molecule has 0 aliphatic rings. The summed E-state index contributed by atoms with van der Waals surface area (Å²) in [7, 11) is 0. The molecule has 13 heavy (non-hydrogen) atoms. The van der Waals surface area contributed by atoms with E-state index in [9.17, 15) is 4.79 Å². The van der Waals surface area contributed by atoms with E-state index in [0.29, 0.717) is 6.54 Å². The minimum Gasteiger partial charge on any atom is -0.481 e. The van der Waals surface area contributed by atoms with Gasteiger partial charge < -0.3 is 10.2 Å². The molecule has 0 aliphatic heterocycles. The zero-order chi connectivity index (χ0) is 10.7. The number of hydrogen-bond acceptors (Lipinski definition) is 3. The molecule has 0 aliphatic carbocycles. The standard InChI is InChI=1S/C6H11NO2.C2H4O2/c1-2-3-4-7-5-6(8)9;1-2(3)4/h5H,2-4H2,1H3,(H,8,9);1H3,(H,3,4). The van der Waals surface area contributed by atoms with Gasteiger partial charge in [0.2, 0.25) is 0 Å². The van der Waals surface area contributed by atoms with Crippen LogP contribution < -0.4 is 0 Å². The quantitative estimate of drug-likeness (QED) is 0.510. The number of nitrogens with zero attached hydrogens (tertiary/aromatic N) is 1. The van der Waals surface area contributed by atoms with E-state index in [4.69, 9.17) is 15.0 Å². The van der Waals surface area contributed by atoms with Gasteiger partial charge in [0.05, 0.1) is 0 Å². The third-order valence-corrected chi connectivity index (χ3v) is 0.842. The van der Waals surface area contributed by atoms with Crippen LogP contribution in [0.15, 0.2) is 4.99 Å². The van der Waals surface area contributed by atoms with Gasteiger partial charge in [-0.15, -0.1) is 0 Å². The highest BCUT2D eigenvalue weighted by atomic mass is 16.4. The summed E-state index contributed by atoms with van der Waals surface area (Å²) in [6.45, 7) is 3.75. The normalized spacial score (nSPS) is 9.08. The SMILES string of the molecule is CC(=O)O.CCCCN=CC(=O)O. The van der Waals surface area contributed by atoms with Gasteiger partial charge in [-0.2, -0.15) is 0 Å². The van der Waals surface area contributed by atoms with Crippen LogP contribution in [0.2, 0.25) is 0 Å². The van der Waals surface area contributed by atoms with Gasteiger partial charge in [-0.3, -0.25) is 9.79 Å². The highest BCUT2D eigenvalue weighted by Crippen LogP contribution is 1.84. The molecule has 0 unspecified atom stereocenters. The molecule has 0 bridgehead atoms. The van der Waals surface area contributed by atoms with Gasteiger partial charge in [0.15, 0.2) is 0 Å². The third kappa shape index (κ3) is 37.0. The molecule has 0 rings (SSSR count). The van der Waals surface area contributed by atoms with Crippen LogP contribution in [0, 0.1) is 0 Å². The lowest BCUT2D eigenvalue weighted by molar-refractivity contribution is -0.134. The summed E-state index contributed by atoms with van der Waals surface area (Å²) in [6, 6.07) is 0. The highest BCUT2D eigenvalue weighted by Gasteiger charge is 1.84. The number of aliphatic carboxylic acids is 2. The third-order valence-electron chi connectivity index (χ3n) is 0.842. The summed E-state index contributed by atoms with van der Waals surface area (Å²) < 4.78 is 0. The molecular formula is C8H15NO4. The van der Waals surface area contributed by atoms with Gasteiger partial charge in [0.1, 0.15) is 6.21 Å². The molecule has 5 nitrogen and oxygen atoms in total. The van der Waals surface area contributed by atoms with Crippen molar-refractivity contribution in [2.75, 3.05) is 6.54 Å². The number of aliphatic imine (C=N–C) groups is 1. The molecule has 0 aromatic heterocycles. The first-order valence-electron chi connectivity index (χ1n) is 3.93. The van der Waals surface area contributed by atoms with Crippen molar-refractivity contribution in [2.45, 2.75) is 26.7 Å². The maximum absolute atomic E-state index is 9.81. The van der Waals surface area contributed by atoms with E-state index in [1.165, 1.54) is 0 Å². The molecule has 0 radical (unpaired) electrons. The Morgan fingerprint density at radius 1 is 1.38 bits per heavy atom. The van der Waals surface area contributed by atoms with E-state index in [2.05, 4.69) is 4.99 Å². The van der Waals surface area contributed by atoms with Gasteiger partial charge in [-0.25, -0.2) is 4.79 Å². The predicted molar refractivity (Wildman–Crippen MR) is 49.2 cm³/mol. The Bertz CT molecular complexity index is 173. The summed E-state index contributed by atoms with van der Waals surface area (Å²) in [4.78, 5) is 22.4. The maximum Gasteiger partial charge on any atom is 0.346 e. The number of rotatable bonds is 4. The van der Waals surface area contributed by atoms with Crippen molar-refractivity contribution >= 4 is 18.2 Å². The number of carboxylic acid groups (broad SMARTS) is 2. The lowest BCUT2D eigenvalue weighted by atomic mass is 10.3. The average molecular weight is 189 g/mol. The molecule has 0 spiro atoms. The Balaban J connectivity index is 0. The molecule has 0 aromatic rings. The van der Waals surface area contributed by atoms with Gasteiger partial charge in [-0.1, -0.05) is 13.3 Å². The Morgan fingerprint density at radius 3 is 2.15 bits per heavy atom. The average Bonchev–Trinajstić information content (AvgIpc) is 1.97. The smallest absolute Gasteiger partial charge is 0.346 e. The fourth-order valence-corrected chi connectivity index (χ4v) is 0.392. The van der Waals surface area contributed by atoms with Crippen LogP contribution in [0.5, 0.6) is 0 Å².